The Hall–Kier alpha value is -0.440. The van der Waals surface area contributed by atoms with Crippen LogP contribution in [0.4, 0.5) is 0 Å². The van der Waals surface area contributed by atoms with Gasteiger partial charge in [0.1, 0.15) is 0 Å². The fourth-order valence-electron chi connectivity index (χ4n) is 1.73. The predicted molar refractivity (Wildman–Crippen MR) is 60.6 cm³/mol. The van der Waals surface area contributed by atoms with Gasteiger partial charge in [-0.25, -0.2) is 0 Å². The largest absolute Gasteiger partial charge is 0.107 e. The van der Waals surface area contributed by atoms with Crippen LogP contribution in [0.2, 0.25) is 0 Å². The average molecular weight is 180 g/mol. The van der Waals surface area contributed by atoms with E-state index in [1.54, 1.807) is 0 Å². The Morgan fingerprint density at radius 2 is 1.85 bits per heavy atom. The Kier molecular flexibility index (Phi) is 9.32. The molecular formula is C13H24. The summed E-state index contributed by atoms with van der Waals surface area (Å²) in [5.41, 5.74) is 0. The number of rotatable bonds is 7. The highest BCUT2D eigenvalue weighted by molar-refractivity contribution is 4.94. The van der Waals surface area contributed by atoms with Crippen LogP contribution in [0, 0.1) is 17.8 Å². The molecule has 0 aliphatic rings. The molecule has 0 saturated heterocycles. The first kappa shape index (κ1) is 12.6. The lowest BCUT2D eigenvalue weighted by atomic mass is 9.94. The molecule has 0 saturated carbocycles. The van der Waals surface area contributed by atoms with Gasteiger partial charge in [0.2, 0.25) is 0 Å². The third-order valence-electron chi connectivity index (χ3n) is 2.62. The summed E-state index contributed by atoms with van der Waals surface area (Å²) in [5, 5.41) is 0. The normalized spacial score (nSPS) is 11.9. The Morgan fingerprint density at radius 3 is 2.38 bits per heavy atom. The fourth-order valence-corrected chi connectivity index (χ4v) is 1.73. The molecule has 0 nitrogen and oxygen atoms in total. The summed E-state index contributed by atoms with van der Waals surface area (Å²) in [5.74, 6) is 7.04. The van der Waals surface area contributed by atoms with Crippen LogP contribution in [-0.2, 0) is 0 Å². The van der Waals surface area contributed by atoms with Crippen molar-refractivity contribution >= 4 is 0 Å². The summed E-state index contributed by atoms with van der Waals surface area (Å²) in [6, 6.07) is 0. The standard InChI is InChI=1S/C13H24/c1-4-7-8-9-10-12-13(6-3)11-5-2/h13H,5-6,8-12H2,1-3H3. The Morgan fingerprint density at radius 1 is 1.08 bits per heavy atom. The minimum absolute atomic E-state index is 0.972. The molecule has 0 aromatic heterocycles. The Bertz CT molecular complexity index is 147. The molecule has 0 N–H and O–H groups in total. The molecule has 0 radical (unpaired) electrons. The number of hydrogen-bond donors (Lipinski definition) is 0. The molecule has 0 aromatic carbocycles. The summed E-state index contributed by atoms with van der Waals surface area (Å²) in [7, 11) is 0. The molecule has 0 fully saturated rings. The van der Waals surface area contributed by atoms with E-state index >= 15 is 0 Å². The quantitative estimate of drug-likeness (QED) is 0.402. The summed E-state index contributed by atoms with van der Waals surface area (Å²) in [4.78, 5) is 0. The van der Waals surface area contributed by atoms with Gasteiger partial charge in [0.15, 0.2) is 0 Å². The Labute approximate surface area is 84.1 Å². The van der Waals surface area contributed by atoms with E-state index in [2.05, 4.69) is 25.7 Å². The van der Waals surface area contributed by atoms with Crippen molar-refractivity contribution < 1.29 is 0 Å². The van der Waals surface area contributed by atoms with Gasteiger partial charge in [-0.05, 0) is 19.3 Å². The first-order valence-electron chi connectivity index (χ1n) is 5.74. The van der Waals surface area contributed by atoms with Crippen LogP contribution >= 0.6 is 0 Å². The fraction of sp³-hybridized carbons (Fsp3) is 0.846. The van der Waals surface area contributed by atoms with Crippen LogP contribution in [-0.4, -0.2) is 0 Å². The van der Waals surface area contributed by atoms with Crippen molar-refractivity contribution in [2.24, 2.45) is 5.92 Å². The molecule has 76 valence electrons. The smallest absolute Gasteiger partial charge is 0.00885 e. The van der Waals surface area contributed by atoms with Gasteiger partial charge in [-0.2, -0.15) is 0 Å². The first-order valence-corrected chi connectivity index (χ1v) is 5.74. The zero-order chi connectivity index (χ0) is 9.94. The third kappa shape index (κ3) is 7.91. The number of hydrogen-bond acceptors (Lipinski definition) is 0. The highest BCUT2D eigenvalue weighted by Crippen LogP contribution is 2.18. The van der Waals surface area contributed by atoms with Crippen molar-refractivity contribution in [2.75, 3.05) is 0 Å². The van der Waals surface area contributed by atoms with Gasteiger partial charge in [0.25, 0.3) is 0 Å². The molecule has 0 bridgehead atoms. The molecule has 0 aliphatic carbocycles. The summed E-state index contributed by atoms with van der Waals surface area (Å²) in [6.07, 6.45) is 9.28. The molecular weight excluding hydrogens is 156 g/mol. The van der Waals surface area contributed by atoms with Gasteiger partial charge in [0.05, 0.1) is 0 Å². The molecule has 0 rings (SSSR count). The van der Waals surface area contributed by atoms with Gasteiger partial charge in [-0.3, -0.25) is 0 Å². The van der Waals surface area contributed by atoms with Crippen molar-refractivity contribution in [1.82, 2.24) is 0 Å². The minimum Gasteiger partial charge on any atom is -0.107 e. The van der Waals surface area contributed by atoms with Crippen molar-refractivity contribution in [3.8, 4) is 11.8 Å². The van der Waals surface area contributed by atoms with Gasteiger partial charge in [-0.1, -0.05) is 46.0 Å². The second-order valence-corrected chi connectivity index (χ2v) is 3.74. The van der Waals surface area contributed by atoms with Gasteiger partial charge in [-0.15, -0.1) is 11.8 Å². The van der Waals surface area contributed by atoms with Crippen LogP contribution in [0.1, 0.15) is 65.7 Å². The zero-order valence-corrected chi connectivity index (χ0v) is 9.53. The molecule has 0 spiro atoms. The summed E-state index contributed by atoms with van der Waals surface area (Å²) >= 11 is 0. The lowest BCUT2D eigenvalue weighted by Gasteiger charge is -2.12. The molecule has 1 atom stereocenters. The van der Waals surface area contributed by atoms with Crippen molar-refractivity contribution in [2.45, 2.75) is 65.7 Å². The average Bonchev–Trinajstić information content (AvgIpc) is 2.16. The maximum atomic E-state index is 3.12. The van der Waals surface area contributed by atoms with Crippen molar-refractivity contribution in [1.29, 1.82) is 0 Å². The van der Waals surface area contributed by atoms with E-state index in [-0.39, 0.29) is 0 Å². The second-order valence-electron chi connectivity index (χ2n) is 3.74. The van der Waals surface area contributed by atoms with Crippen LogP contribution < -0.4 is 0 Å². The number of unbranched alkanes of at least 4 members (excludes halogenated alkanes) is 2. The van der Waals surface area contributed by atoms with Crippen LogP contribution in [0.25, 0.3) is 0 Å². The maximum absolute atomic E-state index is 3.12. The summed E-state index contributed by atoms with van der Waals surface area (Å²) in [6.45, 7) is 6.52. The molecule has 0 heteroatoms. The van der Waals surface area contributed by atoms with Crippen molar-refractivity contribution in [3.05, 3.63) is 0 Å². The SMILES string of the molecule is CC#CCCCCC(CC)CCC. The summed E-state index contributed by atoms with van der Waals surface area (Å²) < 4.78 is 0. The van der Waals surface area contributed by atoms with Crippen molar-refractivity contribution in [3.63, 3.8) is 0 Å². The molecule has 0 aliphatic heterocycles. The van der Waals surface area contributed by atoms with E-state index in [1.165, 1.54) is 38.5 Å². The molecule has 0 amide bonds. The van der Waals surface area contributed by atoms with Crippen LogP contribution in [0.3, 0.4) is 0 Å². The minimum atomic E-state index is 0.972. The van der Waals surface area contributed by atoms with E-state index < -0.39 is 0 Å². The highest BCUT2D eigenvalue weighted by Gasteiger charge is 2.03. The van der Waals surface area contributed by atoms with Gasteiger partial charge in [0, 0.05) is 6.42 Å². The third-order valence-corrected chi connectivity index (χ3v) is 2.62. The maximum Gasteiger partial charge on any atom is 0.00885 e. The van der Waals surface area contributed by atoms with E-state index in [0.29, 0.717) is 0 Å². The van der Waals surface area contributed by atoms with E-state index in [0.717, 1.165) is 12.3 Å². The molecule has 13 heavy (non-hydrogen) atoms. The van der Waals surface area contributed by atoms with Gasteiger partial charge >= 0.3 is 0 Å². The lowest BCUT2D eigenvalue weighted by molar-refractivity contribution is 0.415. The van der Waals surface area contributed by atoms with E-state index in [9.17, 15) is 0 Å². The van der Waals surface area contributed by atoms with E-state index in [1.807, 2.05) is 6.92 Å². The highest BCUT2D eigenvalue weighted by atomic mass is 14.1. The Balaban J connectivity index is 3.30. The first-order chi connectivity index (χ1) is 6.35. The second kappa shape index (κ2) is 9.65. The van der Waals surface area contributed by atoms with E-state index in [4.69, 9.17) is 0 Å². The zero-order valence-electron chi connectivity index (χ0n) is 9.53. The predicted octanol–water partition coefficient (Wildman–Crippen LogP) is 4.40. The molecule has 1 unspecified atom stereocenters. The topological polar surface area (TPSA) is 0 Å². The molecule has 0 heterocycles. The monoisotopic (exact) mass is 180 g/mol. The lowest BCUT2D eigenvalue weighted by Crippen LogP contribution is -1.97. The van der Waals surface area contributed by atoms with Crippen LogP contribution in [0.5, 0.6) is 0 Å². The molecule has 0 aromatic rings. The van der Waals surface area contributed by atoms with Gasteiger partial charge < -0.3 is 0 Å². The van der Waals surface area contributed by atoms with Crippen LogP contribution in [0.15, 0.2) is 0 Å².